The minimum Gasteiger partial charge on any atom is -0.444 e. The minimum atomic E-state index is -0.559. The van der Waals surface area contributed by atoms with Crippen molar-refractivity contribution in [2.24, 2.45) is 0 Å². The zero-order valence-electron chi connectivity index (χ0n) is 19.1. The van der Waals surface area contributed by atoms with Gasteiger partial charge in [-0.2, -0.15) is 5.26 Å². The zero-order chi connectivity index (χ0) is 23.6. The Hall–Kier alpha value is -3.80. The maximum atomic E-state index is 12.8. The van der Waals surface area contributed by atoms with E-state index in [0.29, 0.717) is 23.3 Å². The van der Waals surface area contributed by atoms with E-state index in [1.54, 1.807) is 22.9 Å². The molecule has 0 radical (unpaired) electrons. The van der Waals surface area contributed by atoms with E-state index in [9.17, 15) is 14.9 Å². The molecule has 1 saturated heterocycles. The number of nitrogens with one attached hydrogen (secondary N) is 2. The number of imidazole rings is 1. The van der Waals surface area contributed by atoms with Crippen LogP contribution in [-0.2, 0) is 11.3 Å². The highest BCUT2D eigenvalue weighted by Crippen LogP contribution is 2.27. The number of nitriles is 1. The lowest BCUT2D eigenvalue weighted by atomic mass is 10.0. The Morgan fingerprint density at radius 2 is 2.12 bits per heavy atom. The van der Waals surface area contributed by atoms with E-state index < -0.39 is 11.7 Å². The van der Waals surface area contributed by atoms with Gasteiger partial charge in [0.2, 0.25) is 0 Å². The SMILES string of the molecule is CC(C)(C)OC(=O)NC1CCCN(c2ccnc3[nH]c(=O)n(Cc4ccccc4C#N)c23)C1. The molecule has 1 amide bonds. The molecule has 1 aromatic carbocycles. The van der Waals surface area contributed by atoms with Crippen LogP contribution in [0.5, 0.6) is 0 Å². The Bertz CT molecular complexity index is 1260. The number of fused-ring (bicyclic) bond motifs is 1. The summed E-state index contributed by atoms with van der Waals surface area (Å²) in [5.74, 6) is 0. The van der Waals surface area contributed by atoms with Gasteiger partial charge in [-0.25, -0.2) is 14.6 Å². The maximum Gasteiger partial charge on any atom is 0.407 e. The number of amides is 1. The molecule has 33 heavy (non-hydrogen) atoms. The minimum absolute atomic E-state index is 0.0738. The third kappa shape index (κ3) is 5.00. The van der Waals surface area contributed by atoms with Crippen molar-refractivity contribution in [3.8, 4) is 6.07 Å². The predicted molar refractivity (Wildman–Crippen MR) is 125 cm³/mol. The van der Waals surface area contributed by atoms with Crippen LogP contribution in [0.25, 0.3) is 11.2 Å². The Labute approximate surface area is 192 Å². The number of hydrogen-bond donors (Lipinski definition) is 2. The number of aromatic amines is 1. The van der Waals surface area contributed by atoms with Gasteiger partial charge in [0.1, 0.15) is 11.1 Å². The summed E-state index contributed by atoms with van der Waals surface area (Å²) < 4.78 is 7.03. The van der Waals surface area contributed by atoms with E-state index in [4.69, 9.17) is 4.74 Å². The number of aromatic nitrogens is 3. The van der Waals surface area contributed by atoms with Gasteiger partial charge in [0.15, 0.2) is 5.65 Å². The number of nitrogens with zero attached hydrogens (tertiary/aromatic N) is 4. The Morgan fingerprint density at radius 1 is 1.33 bits per heavy atom. The van der Waals surface area contributed by atoms with E-state index in [1.807, 2.05) is 39.0 Å². The largest absolute Gasteiger partial charge is 0.444 e. The molecule has 0 spiro atoms. The van der Waals surface area contributed by atoms with E-state index in [1.165, 1.54) is 0 Å². The fraction of sp³-hybridized carbons (Fsp3) is 0.417. The second-order valence-corrected chi connectivity index (χ2v) is 9.24. The van der Waals surface area contributed by atoms with Gasteiger partial charge in [0, 0.05) is 25.3 Å². The summed E-state index contributed by atoms with van der Waals surface area (Å²) in [4.78, 5) is 34.4. The van der Waals surface area contributed by atoms with Crippen LogP contribution in [0, 0.1) is 11.3 Å². The number of H-pyrrole nitrogens is 1. The quantitative estimate of drug-likeness (QED) is 0.633. The first-order valence-corrected chi connectivity index (χ1v) is 11.0. The number of carbonyl (C=O) groups excluding carboxylic acids is 1. The topological polar surface area (TPSA) is 116 Å². The van der Waals surface area contributed by atoms with Crippen molar-refractivity contribution in [1.82, 2.24) is 19.9 Å². The highest BCUT2D eigenvalue weighted by atomic mass is 16.6. The number of benzene rings is 1. The van der Waals surface area contributed by atoms with E-state index >= 15 is 0 Å². The summed E-state index contributed by atoms with van der Waals surface area (Å²) >= 11 is 0. The smallest absolute Gasteiger partial charge is 0.407 e. The summed E-state index contributed by atoms with van der Waals surface area (Å²) in [5.41, 5.74) is 2.50. The molecular weight excluding hydrogens is 420 g/mol. The molecule has 3 heterocycles. The summed E-state index contributed by atoms with van der Waals surface area (Å²) in [6, 6.07) is 11.3. The number of pyridine rings is 1. The predicted octanol–water partition coefficient (Wildman–Crippen LogP) is 3.14. The molecule has 0 aliphatic carbocycles. The van der Waals surface area contributed by atoms with Crippen LogP contribution in [0.1, 0.15) is 44.7 Å². The van der Waals surface area contributed by atoms with Crippen LogP contribution < -0.4 is 15.9 Å². The zero-order valence-corrected chi connectivity index (χ0v) is 19.1. The van der Waals surface area contributed by atoms with Crippen molar-refractivity contribution < 1.29 is 9.53 Å². The molecule has 9 nitrogen and oxygen atoms in total. The first-order chi connectivity index (χ1) is 15.7. The van der Waals surface area contributed by atoms with Gasteiger partial charge in [-0.05, 0) is 51.3 Å². The monoisotopic (exact) mass is 448 g/mol. The molecule has 1 unspecified atom stereocenters. The van der Waals surface area contributed by atoms with Crippen LogP contribution >= 0.6 is 0 Å². The lowest BCUT2D eigenvalue weighted by molar-refractivity contribution is 0.0500. The van der Waals surface area contributed by atoms with Crippen molar-refractivity contribution in [3.63, 3.8) is 0 Å². The summed E-state index contributed by atoms with van der Waals surface area (Å²) in [7, 11) is 0. The van der Waals surface area contributed by atoms with Gasteiger partial charge in [0.05, 0.1) is 23.9 Å². The van der Waals surface area contributed by atoms with Crippen molar-refractivity contribution in [2.75, 3.05) is 18.0 Å². The Balaban J connectivity index is 1.64. The molecule has 3 aromatic rings. The number of piperidine rings is 1. The van der Waals surface area contributed by atoms with Gasteiger partial charge < -0.3 is 15.0 Å². The molecule has 0 bridgehead atoms. The summed E-state index contributed by atoms with van der Waals surface area (Å²) in [5, 5.41) is 12.4. The number of carbonyl (C=O) groups is 1. The van der Waals surface area contributed by atoms with Crippen molar-refractivity contribution >= 4 is 22.9 Å². The average molecular weight is 449 g/mol. The number of hydrogen-bond acceptors (Lipinski definition) is 6. The van der Waals surface area contributed by atoms with Crippen LogP contribution in [0.15, 0.2) is 41.3 Å². The molecule has 9 heteroatoms. The molecule has 1 atom stereocenters. The second-order valence-electron chi connectivity index (χ2n) is 9.24. The summed E-state index contributed by atoms with van der Waals surface area (Å²) in [6.45, 7) is 7.15. The lowest BCUT2D eigenvalue weighted by Crippen LogP contribution is -2.49. The number of rotatable bonds is 4. The van der Waals surface area contributed by atoms with Crippen molar-refractivity contribution in [2.45, 2.75) is 51.8 Å². The summed E-state index contributed by atoms with van der Waals surface area (Å²) in [6.07, 6.45) is 2.97. The molecule has 1 fully saturated rings. The van der Waals surface area contributed by atoms with Gasteiger partial charge in [-0.1, -0.05) is 18.2 Å². The van der Waals surface area contributed by atoms with Gasteiger partial charge in [-0.3, -0.25) is 9.55 Å². The molecular formula is C24H28N6O3. The van der Waals surface area contributed by atoms with Gasteiger partial charge in [-0.15, -0.1) is 0 Å². The molecule has 172 valence electrons. The van der Waals surface area contributed by atoms with E-state index in [2.05, 4.69) is 26.3 Å². The van der Waals surface area contributed by atoms with Crippen LogP contribution in [0.4, 0.5) is 10.5 Å². The molecule has 0 saturated carbocycles. The number of ether oxygens (including phenoxy) is 1. The Morgan fingerprint density at radius 3 is 2.88 bits per heavy atom. The average Bonchev–Trinajstić information content (AvgIpc) is 3.08. The lowest BCUT2D eigenvalue weighted by Gasteiger charge is -2.35. The van der Waals surface area contributed by atoms with Gasteiger partial charge >= 0.3 is 11.8 Å². The van der Waals surface area contributed by atoms with Gasteiger partial charge in [0.25, 0.3) is 0 Å². The molecule has 2 aromatic heterocycles. The number of anilines is 1. The maximum absolute atomic E-state index is 12.8. The third-order valence-corrected chi connectivity index (χ3v) is 5.59. The number of alkyl carbamates (subject to hydrolysis) is 1. The Kier molecular flexibility index (Phi) is 6.09. The normalized spacial score (nSPS) is 16.4. The first-order valence-electron chi connectivity index (χ1n) is 11.0. The van der Waals surface area contributed by atoms with Crippen LogP contribution in [0.2, 0.25) is 0 Å². The highest BCUT2D eigenvalue weighted by molar-refractivity contribution is 5.86. The van der Waals surface area contributed by atoms with Crippen LogP contribution in [-0.4, -0.2) is 45.4 Å². The van der Waals surface area contributed by atoms with Crippen molar-refractivity contribution in [3.05, 3.63) is 58.1 Å². The van der Waals surface area contributed by atoms with E-state index in [-0.39, 0.29) is 18.3 Å². The molecule has 4 rings (SSSR count). The van der Waals surface area contributed by atoms with Crippen LogP contribution in [0.3, 0.4) is 0 Å². The third-order valence-electron chi connectivity index (χ3n) is 5.59. The second kappa shape index (κ2) is 8.98. The van der Waals surface area contributed by atoms with E-state index in [0.717, 1.165) is 30.6 Å². The molecule has 1 aliphatic heterocycles. The molecule has 1 aliphatic rings. The fourth-order valence-corrected chi connectivity index (χ4v) is 4.20. The standard InChI is InChI=1S/C24H28N6O3/c1-24(2,3)33-23(32)27-18-9-6-12-29(15-18)19-10-11-26-21-20(19)30(22(31)28-21)14-17-8-5-4-7-16(17)13-25/h4-5,7-8,10-11,18H,6,9,12,14-15H2,1-3H3,(H,27,32)(H,26,28,31). The van der Waals surface area contributed by atoms with Crippen molar-refractivity contribution in [1.29, 1.82) is 5.26 Å². The fourth-order valence-electron chi connectivity index (χ4n) is 4.20. The molecule has 2 N–H and O–H groups in total. The first kappa shape index (κ1) is 22.4. The highest BCUT2D eigenvalue weighted by Gasteiger charge is 2.26.